The number of carbonyl (C=O) groups is 3. The van der Waals surface area contributed by atoms with E-state index in [4.69, 9.17) is 14.2 Å². The zero-order valence-electron chi connectivity index (χ0n) is 17.1. The van der Waals surface area contributed by atoms with Gasteiger partial charge >= 0.3 is 18.0 Å². The summed E-state index contributed by atoms with van der Waals surface area (Å²) in [6.07, 6.45) is 3.18. The molecule has 0 radical (unpaired) electrons. The van der Waals surface area contributed by atoms with E-state index in [0.29, 0.717) is 12.8 Å². The molecule has 2 fully saturated rings. The van der Waals surface area contributed by atoms with E-state index in [9.17, 15) is 14.4 Å². The molecule has 0 aliphatic heterocycles. The molecule has 3 rings (SSSR count). The molecule has 2 aliphatic rings. The van der Waals surface area contributed by atoms with E-state index in [1.807, 2.05) is 31.2 Å². The van der Waals surface area contributed by atoms with Gasteiger partial charge in [-0.05, 0) is 36.8 Å². The van der Waals surface area contributed by atoms with Crippen LogP contribution in [0.15, 0.2) is 49.6 Å². The number of amides is 1. The van der Waals surface area contributed by atoms with Crippen molar-refractivity contribution in [2.24, 2.45) is 17.8 Å². The monoisotopic (exact) mass is 413 g/mol. The summed E-state index contributed by atoms with van der Waals surface area (Å²) in [6.45, 7) is 9.18. The summed E-state index contributed by atoms with van der Waals surface area (Å²) in [5.41, 5.74) is 0.561. The van der Waals surface area contributed by atoms with Crippen LogP contribution in [0.25, 0.3) is 0 Å². The molecular weight excluding hydrogens is 386 g/mol. The molecule has 2 aliphatic carbocycles. The Morgan fingerprint density at radius 2 is 1.83 bits per heavy atom. The first-order valence-corrected chi connectivity index (χ1v) is 9.99. The number of esters is 2. The first-order chi connectivity index (χ1) is 14.4. The summed E-state index contributed by atoms with van der Waals surface area (Å²) in [5, 5.41) is 2.70. The van der Waals surface area contributed by atoms with Crippen LogP contribution in [-0.2, 0) is 30.4 Å². The van der Waals surface area contributed by atoms with E-state index in [2.05, 4.69) is 18.5 Å². The van der Waals surface area contributed by atoms with Crippen LogP contribution in [-0.4, -0.2) is 36.8 Å². The lowest BCUT2D eigenvalue weighted by Crippen LogP contribution is -2.56. The van der Waals surface area contributed by atoms with Gasteiger partial charge in [0.05, 0.1) is 5.92 Å². The number of hydrogen-bond donors (Lipinski definition) is 1. The molecule has 0 saturated heterocycles. The molecule has 7 nitrogen and oxygen atoms in total. The highest BCUT2D eigenvalue weighted by Crippen LogP contribution is 2.63. The van der Waals surface area contributed by atoms with Crippen LogP contribution in [0.1, 0.15) is 24.0 Å². The van der Waals surface area contributed by atoms with Gasteiger partial charge in [-0.25, -0.2) is 9.59 Å². The minimum Gasteiger partial charge on any atom is -0.461 e. The number of carbonyl (C=O) groups excluding carboxylic acids is 3. The van der Waals surface area contributed by atoms with Gasteiger partial charge in [-0.15, -0.1) is 0 Å². The summed E-state index contributed by atoms with van der Waals surface area (Å²) in [6, 6.07) is 7.59. The zero-order valence-corrected chi connectivity index (χ0v) is 17.1. The topological polar surface area (TPSA) is 90.9 Å². The fourth-order valence-electron chi connectivity index (χ4n) is 4.36. The second kappa shape index (κ2) is 9.15. The van der Waals surface area contributed by atoms with Crippen LogP contribution in [0.4, 0.5) is 4.79 Å². The first kappa shape index (κ1) is 21.6. The lowest BCUT2D eigenvalue weighted by atomic mass is 9.90. The molecular formula is C23H27NO6. The third kappa shape index (κ3) is 4.25. The molecule has 0 heterocycles. The second-order valence-electron chi connectivity index (χ2n) is 7.66. The van der Waals surface area contributed by atoms with Gasteiger partial charge in [0.15, 0.2) is 0 Å². The summed E-state index contributed by atoms with van der Waals surface area (Å²) in [5.74, 6) is -1.82. The van der Waals surface area contributed by atoms with Crippen molar-refractivity contribution >= 4 is 18.0 Å². The number of ether oxygens (including phenoxy) is 3. The Hall–Kier alpha value is -3.09. The highest BCUT2D eigenvalue weighted by atomic mass is 16.6. The molecule has 4 unspecified atom stereocenters. The molecule has 0 spiro atoms. The minimum absolute atomic E-state index is 0.0130. The quantitative estimate of drug-likeness (QED) is 0.380. The molecule has 0 aromatic heterocycles. The largest absolute Gasteiger partial charge is 0.461 e. The highest BCUT2D eigenvalue weighted by Gasteiger charge is 2.72. The molecule has 7 heteroatoms. The Morgan fingerprint density at radius 1 is 1.13 bits per heavy atom. The summed E-state index contributed by atoms with van der Waals surface area (Å²) in [7, 11) is 0. The molecule has 1 aromatic rings. The third-order valence-electron chi connectivity index (χ3n) is 5.87. The number of rotatable bonds is 9. The molecule has 2 saturated carbocycles. The van der Waals surface area contributed by atoms with Crippen LogP contribution in [0.3, 0.4) is 0 Å². The van der Waals surface area contributed by atoms with E-state index < -0.39 is 23.5 Å². The van der Waals surface area contributed by atoms with Crippen molar-refractivity contribution in [1.29, 1.82) is 0 Å². The molecule has 0 bridgehead atoms. The van der Waals surface area contributed by atoms with Gasteiger partial charge in [0.25, 0.3) is 0 Å². The predicted octanol–water partition coefficient (Wildman–Crippen LogP) is 3.07. The number of fused-ring (bicyclic) bond motifs is 1. The maximum Gasteiger partial charge on any atom is 0.408 e. The Kier molecular flexibility index (Phi) is 6.59. The fraction of sp³-hybridized carbons (Fsp3) is 0.435. The lowest BCUT2D eigenvalue weighted by Gasteiger charge is -2.30. The van der Waals surface area contributed by atoms with Crippen molar-refractivity contribution in [2.45, 2.75) is 31.9 Å². The number of benzene rings is 1. The van der Waals surface area contributed by atoms with E-state index in [0.717, 1.165) is 11.1 Å². The minimum atomic E-state index is -1.32. The van der Waals surface area contributed by atoms with Crippen molar-refractivity contribution in [3.05, 3.63) is 60.7 Å². The van der Waals surface area contributed by atoms with Crippen LogP contribution in [0, 0.1) is 24.7 Å². The molecule has 1 aromatic carbocycles. The number of nitrogens with one attached hydrogen (secondary N) is 1. The van der Waals surface area contributed by atoms with Crippen molar-refractivity contribution in [1.82, 2.24) is 5.32 Å². The van der Waals surface area contributed by atoms with Crippen LogP contribution in [0.2, 0.25) is 0 Å². The van der Waals surface area contributed by atoms with Gasteiger partial charge in [0.2, 0.25) is 0 Å². The van der Waals surface area contributed by atoms with Crippen molar-refractivity contribution in [3.63, 3.8) is 0 Å². The lowest BCUT2D eigenvalue weighted by molar-refractivity contribution is -0.155. The standard InChI is InChI=1S/C23H27NO6/c1-4-12-28-20(25)18-17-10-11-23(19(17)18,24-22(27)29-13-5-2)21(26)30-14-16-9-7-6-8-15(16)3/h4-9,17-19H,1-2,10-14H2,3H3,(H,24,27). The van der Waals surface area contributed by atoms with Gasteiger partial charge in [0, 0.05) is 5.92 Å². The number of aryl methyl sites for hydroxylation is 1. The number of hydrogen-bond acceptors (Lipinski definition) is 6. The average molecular weight is 413 g/mol. The average Bonchev–Trinajstić information content (AvgIpc) is 3.37. The Labute approximate surface area is 176 Å². The third-order valence-corrected chi connectivity index (χ3v) is 5.87. The van der Waals surface area contributed by atoms with Gasteiger partial charge < -0.3 is 19.5 Å². The summed E-state index contributed by atoms with van der Waals surface area (Å²) in [4.78, 5) is 37.9. The molecule has 30 heavy (non-hydrogen) atoms. The van der Waals surface area contributed by atoms with Gasteiger partial charge in [-0.2, -0.15) is 0 Å². The van der Waals surface area contributed by atoms with Crippen molar-refractivity contribution in [3.8, 4) is 0 Å². The molecule has 4 atom stereocenters. The SMILES string of the molecule is C=CCOC(=O)NC1(C(=O)OCc2ccccc2C)CCC2C(C(=O)OCC=C)C21. The maximum atomic E-state index is 13.2. The van der Waals surface area contributed by atoms with Crippen molar-refractivity contribution in [2.75, 3.05) is 13.2 Å². The van der Waals surface area contributed by atoms with Gasteiger partial charge in [-0.1, -0.05) is 49.6 Å². The van der Waals surface area contributed by atoms with E-state index in [1.54, 1.807) is 0 Å². The molecule has 1 N–H and O–H groups in total. The van der Waals surface area contributed by atoms with E-state index in [1.165, 1.54) is 12.2 Å². The highest BCUT2D eigenvalue weighted by molar-refractivity contribution is 5.90. The maximum absolute atomic E-state index is 13.2. The summed E-state index contributed by atoms with van der Waals surface area (Å²) < 4.78 is 15.8. The Morgan fingerprint density at radius 3 is 2.53 bits per heavy atom. The van der Waals surface area contributed by atoms with E-state index >= 15 is 0 Å². The normalized spacial score (nSPS) is 26.1. The first-order valence-electron chi connectivity index (χ1n) is 9.99. The van der Waals surface area contributed by atoms with Gasteiger partial charge in [-0.3, -0.25) is 4.79 Å². The molecule has 160 valence electrons. The smallest absolute Gasteiger partial charge is 0.408 e. The Bertz CT molecular complexity index is 850. The summed E-state index contributed by atoms with van der Waals surface area (Å²) >= 11 is 0. The second-order valence-corrected chi connectivity index (χ2v) is 7.66. The van der Waals surface area contributed by atoms with Crippen LogP contribution >= 0.6 is 0 Å². The van der Waals surface area contributed by atoms with Crippen LogP contribution < -0.4 is 5.32 Å². The van der Waals surface area contributed by atoms with Crippen LogP contribution in [0.5, 0.6) is 0 Å². The number of alkyl carbamates (subject to hydrolysis) is 1. The van der Waals surface area contributed by atoms with Crippen molar-refractivity contribution < 1.29 is 28.6 Å². The Balaban J connectivity index is 1.76. The zero-order chi connectivity index (χ0) is 21.7. The fourth-order valence-corrected chi connectivity index (χ4v) is 4.36. The molecule has 1 amide bonds. The van der Waals surface area contributed by atoms with E-state index in [-0.39, 0.29) is 37.6 Å². The predicted molar refractivity (Wildman–Crippen MR) is 109 cm³/mol. The van der Waals surface area contributed by atoms with Gasteiger partial charge in [0.1, 0.15) is 25.4 Å².